The maximum atomic E-state index is 12.2. The first kappa shape index (κ1) is 24.1. The average Bonchev–Trinajstić information content (AvgIpc) is 3.32. The van der Waals surface area contributed by atoms with E-state index in [0.29, 0.717) is 12.8 Å². The van der Waals surface area contributed by atoms with Gasteiger partial charge in [-0.25, -0.2) is 14.8 Å². The summed E-state index contributed by atoms with van der Waals surface area (Å²) in [4.78, 5) is 21.9. The molecule has 8 heteroatoms. The molecule has 5 aromatic rings. The van der Waals surface area contributed by atoms with Gasteiger partial charge in [0.05, 0.1) is 29.6 Å². The van der Waals surface area contributed by atoms with E-state index in [4.69, 9.17) is 14.5 Å². The number of nitrogens with zero attached hydrogens (tertiary/aromatic N) is 4. The molecule has 0 atom stereocenters. The molecule has 0 aliphatic heterocycles. The molecule has 0 unspecified atom stereocenters. The number of aromatic nitrogens is 4. The van der Waals surface area contributed by atoms with E-state index >= 15 is 0 Å². The van der Waals surface area contributed by atoms with Crippen LogP contribution >= 0.6 is 0 Å². The highest BCUT2D eigenvalue weighted by Gasteiger charge is 2.54. The fourth-order valence-electron chi connectivity index (χ4n) is 5.64. The lowest BCUT2D eigenvalue weighted by Crippen LogP contribution is -2.62. The van der Waals surface area contributed by atoms with Crippen molar-refractivity contribution in [2.24, 2.45) is 0 Å². The van der Waals surface area contributed by atoms with Crippen LogP contribution in [0.3, 0.4) is 0 Å². The predicted molar refractivity (Wildman–Crippen MR) is 146 cm³/mol. The summed E-state index contributed by atoms with van der Waals surface area (Å²) in [7, 11) is 3.08. The number of nitrogens with one attached hydrogen (secondary N) is 1. The number of rotatable bonds is 5. The molecule has 1 aliphatic carbocycles. The van der Waals surface area contributed by atoms with Crippen molar-refractivity contribution in [2.45, 2.75) is 37.8 Å². The zero-order valence-electron chi connectivity index (χ0n) is 21.9. The Balaban J connectivity index is 1.48. The van der Waals surface area contributed by atoms with Gasteiger partial charge in [0.2, 0.25) is 0 Å². The van der Waals surface area contributed by atoms with E-state index in [1.54, 1.807) is 11.6 Å². The lowest BCUT2D eigenvalue weighted by Gasteiger charge is -2.54. The van der Waals surface area contributed by atoms with E-state index in [1.807, 2.05) is 37.4 Å². The molecule has 2 aromatic carbocycles. The molecule has 0 radical (unpaired) electrons. The number of hydrogen-bond acceptors (Lipinski definition) is 6. The quantitative estimate of drug-likeness (QED) is 0.330. The molecule has 1 aliphatic rings. The molecule has 1 fully saturated rings. The van der Waals surface area contributed by atoms with Gasteiger partial charge >= 0.3 is 6.09 Å². The van der Waals surface area contributed by atoms with Gasteiger partial charge in [0.15, 0.2) is 11.3 Å². The largest absolute Gasteiger partial charge is 0.453 e. The first-order valence-corrected chi connectivity index (χ1v) is 12.6. The highest BCUT2D eigenvalue weighted by atomic mass is 16.5. The number of fused-ring (bicyclic) bond motifs is 3. The Bertz CT molecular complexity index is 1660. The van der Waals surface area contributed by atoms with Crippen LogP contribution in [0.15, 0.2) is 72.9 Å². The fourth-order valence-corrected chi connectivity index (χ4v) is 5.64. The second-order valence-electron chi connectivity index (χ2n) is 10.3. The Labute approximate surface area is 220 Å². The summed E-state index contributed by atoms with van der Waals surface area (Å²) in [6.45, 7) is 4.00. The first-order chi connectivity index (χ1) is 18.3. The molecule has 1 amide bonds. The summed E-state index contributed by atoms with van der Waals surface area (Å²) in [5.41, 5.74) is 6.42. The Kier molecular flexibility index (Phi) is 5.65. The molecule has 0 spiro atoms. The number of carbonyl (C=O) groups excluding carboxylic acids is 1. The minimum atomic E-state index is -0.556. The summed E-state index contributed by atoms with van der Waals surface area (Å²) >= 11 is 0. The molecule has 0 saturated heterocycles. The van der Waals surface area contributed by atoms with Crippen LogP contribution in [0.1, 0.15) is 31.0 Å². The maximum Gasteiger partial charge on any atom is 0.407 e. The zero-order valence-corrected chi connectivity index (χ0v) is 21.9. The van der Waals surface area contributed by atoms with Gasteiger partial charge in [-0.15, -0.1) is 0 Å². The van der Waals surface area contributed by atoms with Crippen molar-refractivity contribution in [3.8, 4) is 22.4 Å². The highest BCUT2D eigenvalue weighted by molar-refractivity contribution is 5.90. The number of amides is 1. The lowest BCUT2D eigenvalue weighted by molar-refractivity contribution is -0.114. The second-order valence-corrected chi connectivity index (χ2v) is 10.3. The average molecular weight is 508 g/mol. The highest BCUT2D eigenvalue weighted by Crippen LogP contribution is 2.50. The van der Waals surface area contributed by atoms with Gasteiger partial charge in [-0.1, -0.05) is 54.6 Å². The second kappa shape index (κ2) is 8.92. The Morgan fingerprint density at radius 1 is 1.00 bits per heavy atom. The standard InChI is InChI=1S/C30H29N5O3/c1-19-14-25-31-16-22-15-24(20-8-6-5-7-9-20)26(32-27(22)35(25)34-19)21-10-12-23(13-11-21)30(33-28(36)37-3)17-29(2,18-30)38-4/h5-16H,17-18H2,1-4H3,(H,33,36). The van der Waals surface area contributed by atoms with Crippen molar-refractivity contribution < 1.29 is 14.3 Å². The van der Waals surface area contributed by atoms with Crippen LogP contribution in [-0.2, 0) is 15.0 Å². The van der Waals surface area contributed by atoms with Crippen LogP contribution in [0, 0.1) is 6.92 Å². The normalized spacial score (nSPS) is 20.8. The third-order valence-electron chi connectivity index (χ3n) is 7.55. The number of pyridine rings is 1. The number of aryl methyl sites for hydroxylation is 1. The number of methoxy groups -OCH3 is 2. The van der Waals surface area contributed by atoms with Crippen LogP contribution in [0.4, 0.5) is 4.79 Å². The molecule has 192 valence electrons. The summed E-state index contributed by atoms with van der Waals surface area (Å²) < 4.78 is 12.4. The first-order valence-electron chi connectivity index (χ1n) is 12.6. The molecule has 1 saturated carbocycles. The van der Waals surface area contributed by atoms with E-state index in [9.17, 15) is 4.79 Å². The van der Waals surface area contributed by atoms with E-state index in [0.717, 1.165) is 50.3 Å². The predicted octanol–water partition coefficient (Wildman–Crippen LogP) is 5.67. The number of carbonyl (C=O) groups is 1. The summed E-state index contributed by atoms with van der Waals surface area (Å²) in [6.07, 6.45) is 2.70. The van der Waals surface area contributed by atoms with Gasteiger partial charge in [-0.2, -0.15) is 9.61 Å². The van der Waals surface area contributed by atoms with E-state index in [1.165, 1.54) is 7.11 Å². The number of alkyl carbamates (subject to hydrolysis) is 1. The monoisotopic (exact) mass is 507 g/mol. The van der Waals surface area contributed by atoms with Crippen molar-refractivity contribution in [2.75, 3.05) is 14.2 Å². The summed E-state index contributed by atoms with van der Waals surface area (Å²) in [6, 6.07) is 22.5. The minimum absolute atomic E-state index is 0.304. The third kappa shape index (κ3) is 3.97. The van der Waals surface area contributed by atoms with Gasteiger partial charge in [0, 0.05) is 48.7 Å². The Morgan fingerprint density at radius 3 is 2.42 bits per heavy atom. The molecule has 1 N–H and O–H groups in total. The van der Waals surface area contributed by atoms with Crippen molar-refractivity contribution >= 4 is 22.8 Å². The number of hydrogen-bond donors (Lipinski definition) is 1. The number of ether oxygens (including phenoxy) is 2. The van der Waals surface area contributed by atoms with E-state index in [2.05, 4.69) is 64.8 Å². The van der Waals surface area contributed by atoms with Crippen molar-refractivity contribution in [1.29, 1.82) is 0 Å². The summed E-state index contributed by atoms with van der Waals surface area (Å²) in [5, 5.41) is 8.59. The van der Waals surface area contributed by atoms with Gasteiger partial charge in [0.1, 0.15) is 0 Å². The molecule has 38 heavy (non-hydrogen) atoms. The van der Waals surface area contributed by atoms with Gasteiger partial charge in [0.25, 0.3) is 0 Å². The van der Waals surface area contributed by atoms with Crippen LogP contribution in [-0.4, -0.2) is 45.5 Å². The van der Waals surface area contributed by atoms with Gasteiger partial charge in [-0.05, 0) is 31.0 Å². The smallest absolute Gasteiger partial charge is 0.407 e. The number of benzene rings is 2. The summed E-state index contributed by atoms with van der Waals surface area (Å²) in [5.74, 6) is 0. The topological polar surface area (TPSA) is 90.6 Å². The van der Waals surface area contributed by atoms with Crippen molar-refractivity contribution in [3.05, 3.63) is 84.2 Å². The van der Waals surface area contributed by atoms with Crippen LogP contribution in [0.25, 0.3) is 39.1 Å². The molecule has 3 heterocycles. The molecule has 3 aromatic heterocycles. The Hall–Kier alpha value is -4.30. The molecule has 6 rings (SSSR count). The zero-order chi connectivity index (χ0) is 26.5. The van der Waals surface area contributed by atoms with E-state index in [-0.39, 0.29) is 5.60 Å². The van der Waals surface area contributed by atoms with E-state index < -0.39 is 11.6 Å². The van der Waals surface area contributed by atoms with Gasteiger partial charge < -0.3 is 14.8 Å². The van der Waals surface area contributed by atoms with Crippen molar-refractivity contribution in [1.82, 2.24) is 24.9 Å². The van der Waals surface area contributed by atoms with Crippen LogP contribution < -0.4 is 5.32 Å². The van der Waals surface area contributed by atoms with Crippen molar-refractivity contribution in [3.63, 3.8) is 0 Å². The molecule has 0 bridgehead atoms. The molecular formula is C30H29N5O3. The van der Waals surface area contributed by atoms with Gasteiger partial charge in [-0.3, -0.25) is 0 Å². The van der Waals surface area contributed by atoms with Crippen LogP contribution in [0.2, 0.25) is 0 Å². The lowest BCUT2D eigenvalue weighted by atomic mass is 9.62. The Morgan fingerprint density at radius 2 is 1.74 bits per heavy atom. The molecular weight excluding hydrogens is 478 g/mol. The van der Waals surface area contributed by atoms with Crippen LogP contribution in [0.5, 0.6) is 0 Å². The minimum Gasteiger partial charge on any atom is -0.453 e. The molecule has 8 nitrogen and oxygen atoms in total. The third-order valence-corrected chi connectivity index (χ3v) is 7.55. The fraction of sp³-hybridized carbons (Fsp3) is 0.267. The SMILES string of the molecule is COC(=O)NC1(c2ccc(-c3nc4c(cnc5cc(C)nn54)cc3-c3ccccc3)cc2)CC(C)(OC)C1. The maximum absolute atomic E-state index is 12.2.